The Hall–Kier alpha value is -0.0800. The Bertz CT molecular complexity index is 228. The van der Waals surface area contributed by atoms with Crippen molar-refractivity contribution in [3.8, 4) is 0 Å². The van der Waals surface area contributed by atoms with Crippen LogP contribution in [0, 0.1) is 11.3 Å². The van der Waals surface area contributed by atoms with Crippen LogP contribution in [0.25, 0.3) is 0 Å². The fraction of sp³-hybridized carbons (Fsp3) is 1.00. The van der Waals surface area contributed by atoms with E-state index in [-0.39, 0.29) is 5.60 Å². The molecular weight excluding hydrogens is 222 g/mol. The smallest absolute Gasteiger partial charge is 0.0599 e. The summed E-state index contributed by atoms with van der Waals surface area (Å²) in [6, 6.07) is 0.715. The maximum absolute atomic E-state index is 5.73. The van der Waals surface area contributed by atoms with Crippen LogP contribution in [0.15, 0.2) is 0 Å². The summed E-state index contributed by atoms with van der Waals surface area (Å²) in [7, 11) is 0. The topological polar surface area (TPSA) is 21.3 Å². The van der Waals surface area contributed by atoms with Gasteiger partial charge in [-0.05, 0) is 57.8 Å². The minimum Gasteiger partial charge on any atom is -0.375 e. The normalized spacial score (nSPS) is 26.3. The Morgan fingerprint density at radius 2 is 1.50 bits per heavy atom. The number of nitrogens with one attached hydrogen (secondary N) is 1. The Morgan fingerprint density at radius 1 is 0.944 bits per heavy atom. The van der Waals surface area contributed by atoms with Gasteiger partial charge < -0.3 is 10.1 Å². The molecule has 1 aliphatic carbocycles. The molecule has 1 N–H and O–H groups in total. The Morgan fingerprint density at radius 3 is 1.94 bits per heavy atom. The summed E-state index contributed by atoms with van der Waals surface area (Å²) in [5.74, 6) is 0.904. The molecule has 1 fully saturated rings. The summed E-state index contributed by atoms with van der Waals surface area (Å²) < 4.78 is 5.73. The fourth-order valence-corrected chi connectivity index (χ4v) is 2.78. The number of hydrogen-bond donors (Lipinski definition) is 1. The molecule has 0 radical (unpaired) electrons. The molecule has 108 valence electrons. The van der Waals surface area contributed by atoms with E-state index >= 15 is 0 Å². The molecule has 0 aromatic heterocycles. The average Bonchev–Trinajstić information content (AvgIpc) is 2.22. The van der Waals surface area contributed by atoms with Crippen LogP contribution in [0.4, 0.5) is 0 Å². The lowest BCUT2D eigenvalue weighted by Gasteiger charge is -2.37. The van der Waals surface area contributed by atoms with Crippen LogP contribution in [0.3, 0.4) is 0 Å². The zero-order valence-electron chi connectivity index (χ0n) is 13.3. The second-order valence-electron chi connectivity index (χ2n) is 7.83. The highest BCUT2D eigenvalue weighted by Crippen LogP contribution is 2.37. The van der Waals surface area contributed by atoms with Crippen LogP contribution in [-0.4, -0.2) is 24.8 Å². The van der Waals surface area contributed by atoms with Crippen LogP contribution >= 0.6 is 0 Å². The molecule has 0 saturated heterocycles. The summed E-state index contributed by atoms with van der Waals surface area (Å²) in [5.41, 5.74) is 0.478. The van der Waals surface area contributed by atoms with E-state index in [1.807, 2.05) is 0 Å². The van der Waals surface area contributed by atoms with Crippen LogP contribution in [-0.2, 0) is 4.74 Å². The van der Waals surface area contributed by atoms with Crippen molar-refractivity contribution in [3.05, 3.63) is 0 Å². The van der Waals surface area contributed by atoms with Gasteiger partial charge in [0, 0.05) is 12.6 Å². The van der Waals surface area contributed by atoms with Crippen molar-refractivity contribution >= 4 is 0 Å². The van der Waals surface area contributed by atoms with Gasteiger partial charge in [-0.3, -0.25) is 0 Å². The largest absolute Gasteiger partial charge is 0.375 e. The SMILES string of the molecule is CC(C)(C)OCCNC1CCC(C(C)(C)C)CC1. The van der Waals surface area contributed by atoms with E-state index in [1.54, 1.807) is 0 Å². The molecular formula is C16H33NO. The van der Waals surface area contributed by atoms with E-state index in [4.69, 9.17) is 4.74 Å². The molecule has 0 amide bonds. The first-order chi connectivity index (χ1) is 8.18. The third-order valence-electron chi connectivity index (χ3n) is 4.02. The van der Waals surface area contributed by atoms with E-state index < -0.39 is 0 Å². The highest BCUT2D eigenvalue weighted by atomic mass is 16.5. The van der Waals surface area contributed by atoms with Gasteiger partial charge in [0.2, 0.25) is 0 Å². The Kier molecular flexibility index (Phi) is 5.67. The molecule has 0 unspecified atom stereocenters. The second-order valence-corrected chi connectivity index (χ2v) is 7.83. The second kappa shape index (κ2) is 6.38. The van der Waals surface area contributed by atoms with E-state index in [0.29, 0.717) is 11.5 Å². The van der Waals surface area contributed by atoms with Crippen LogP contribution in [0.1, 0.15) is 67.2 Å². The molecule has 18 heavy (non-hydrogen) atoms. The zero-order valence-corrected chi connectivity index (χ0v) is 13.3. The molecule has 0 aromatic carbocycles. The van der Waals surface area contributed by atoms with E-state index in [2.05, 4.69) is 46.9 Å². The lowest BCUT2D eigenvalue weighted by Crippen LogP contribution is -2.38. The molecule has 0 aliphatic heterocycles. The summed E-state index contributed by atoms with van der Waals surface area (Å²) in [6.45, 7) is 15.3. The lowest BCUT2D eigenvalue weighted by atomic mass is 9.71. The van der Waals surface area contributed by atoms with Crippen molar-refractivity contribution in [1.82, 2.24) is 5.32 Å². The fourth-order valence-electron chi connectivity index (χ4n) is 2.78. The third-order valence-corrected chi connectivity index (χ3v) is 4.02. The molecule has 2 heteroatoms. The standard InChI is InChI=1S/C16H33NO/c1-15(2,3)13-7-9-14(10-8-13)17-11-12-18-16(4,5)6/h13-14,17H,7-12H2,1-6H3. The maximum Gasteiger partial charge on any atom is 0.0599 e. The van der Waals surface area contributed by atoms with Crippen molar-refractivity contribution in [3.63, 3.8) is 0 Å². The van der Waals surface area contributed by atoms with Crippen LogP contribution in [0.5, 0.6) is 0 Å². The molecule has 0 bridgehead atoms. The van der Waals surface area contributed by atoms with Gasteiger partial charge in [0.25, 0.3) is 0 Å². The highest BCUT2D eigenvalue weighted by molar-refractivity contribution is 4.83. The van der Waals surface area contributed by atoms with Gasteiger partial charge in [0.1, 0.15) is 0 Å². The summed E-state index contributed by atoms with van der Waals surface area (Å²) in [4.78, 5) is 0. The van der Waals surface area contributed by atoms with Gasteiger partial charge in [0.05, 0.1) is 12.2 Å². The summed E-state index contributed by atoms with van der Waals surface area (Å²) in [6.07, 6.45) is 5.41. The quantitative estimate of drug-likeness (QED) is 0.767. The monoisotopic (exact) mass is 255 g/mol. The van der Waals surface area contributed by atoms with Gasteiger partial charge in [-0.15, -0.1) is 0 Å². The van der Waals surface area contributed by atoms with Gasteiger partial charge in [0.15, 0.2) is 0 Å². The third kappa shape index (κ3) is 6.19. The van der Waals surface area contributed by atoms with Crippen molar-refractivity contribution in [2.75, 3.05) is 13.2 Å². The molecule has 1 rings (SSSR count). The molecule has 1 aliphatic rings. The summed E-state index contributed by atoms with van der Waals surface area (Å²) in [5, 5.41) is 3.64. The number of ether oxygens (including phenoxy) is 1. The predicted molar refractivity (Wildman–Crippen MR) is 78.9 cm³/mol. The highest BCUT2D eigenvalue weighted by Gasteiger charge is 2.29. The van der Waals surface area contributed by atoms with Gasteiger partial charge >= 0.3 is 0 Å². The molecule has 0 atom stereocenters. The van der Waals surface area contributed by atoms with Crippen molar-refractivity contribution in [2.45, 2.75) is 78.9 Å². The van der Waals surface area contributed by atoms with Crippen molar-refractivity contribution < 1.29 is 4.74 Å². The number of rotatable bonds is 4. The molecule has 0 spiro atoms. The first kappa shape index (κ1) is 16.0. The first-order valence-electron chi connectivity index (χ1n) is 7.56. The molecule has 2 nitrogen and oxygen atoms in total. The molecule has 0 aromatic rings. The minimum absolute atomic E-state index is 0.00836. The summed E-state index contributed by atoms with van der Waals surface area (Å²) >= 11 is 0. The molecule has 1 saturated carbocycles. The number of hydrogen-bond acceptors (Lipinski definition) is 2. The van der Waals surface area contributed by atoms with Crippen molar-refractivity contribution in [1.29, 1.82) is 0 Å². The maximum atomic E-state index is 5.73. The van der Waals surface area contributed by atoms with Gasteiger partial charge in [-0.1, -0.05) is 20.8 Å². The van der Waals surface area contributed by atoms with Gasteiger partial charge in [-0.2, -0.15) is 0 Å². The Labute approximate surface area is 114 Å². The Balaban J connectivity index is 2.13. The predicted octanol–water partition coefficient (Wildman–Crippen LogP) is 4.00. The van der Waals surface area contributed by atoms with Crippen molar-refractivity contribution in [2.24, 2.45) is 11.3 Å². The minimum atomic E-state index is -0.00836. The first-order valence-corrected chi connectivity index (χ1v) is 7.56. The van der Waals surface area contributed by atoms with E-state index in [9.17, 15) is 0 Å². The zero-order chi connectivity index (χ0) is 13.8. The lowest BCUT2D eigenvalue weighted by molar-refractivity contribution is -0.00238. The van der Waals surface area contributed by atoms with E-state index in [1.165, 1.54) is 25.7 Å². The molecule has 0 heterocycles. The van der Waals surface area contributed by atoms with Crippen LogP contribution in [0.2, 0.25) is 0 Å². The van der Waals surface area contributed by atoms with Gasteiger partial charge in [-0.25, -0.2) is 0 Å². The average molecular weight is 255 g/mol. The van der Waals surface area contributed by atoms with E-state index in [0.717, 1.165) is 19.1 Å². The van der Waals surface area contributed by atoms with Crippen LogP contribution < -0.4 is 5.32 Å².